The predicted molar refractivity (Wildman–Crippen MR) is 106 cm³/mol. The Morgan fingerprint density at radius 2 is 1.86 bits per heavy atom. The molecule has 2 aliphatic heterocycles. The maximum atomic E-state index is 13.2. The second-order valence-corrected chi connectivity index (χ2v) is 10.1. The summed E-state index contributed by atoms with van der Waals surface area (Å²) in [6, 6.07) is 11.2. The van der Waals surface area contributed by atoms with Gasteiger partial charge in [0.05, 0.1) is 10.6 Å². The summed E-state index contributed by atoms with van der Waals surface area (Å²) in [7, 11) is -3.58. The first-order valence-electron chi connectivity index (χ1n) is 9.77. The molecule has 7 heteroatoms. The average Bonchev–Trinajstić information content (AvgIpc) is 3.06. The molecule has 1 atom stereocenters. The Kier molecular flexibility index (Phi) is 5.24. The molecule has 0 N–H and O–H groups in total. The van der Waals surface area contributed by atoms with E-state index in [1.807, 2.05) is 25.1 Å². The number of aromatic nitrogens is 1. The van der Waals surface area contributed by atoms with Gasteiger partial charge in [0, 0.05) is 31.9 Å². The van der Waals surface area contributed by atoms with Gasteiger partial charge in [0.15, 0.2) is 0 Å². The van der Waals surface area contributed by atoms with E-state index in [4.69, 9.17) is 0 Å². The van der Waals surface area contributed by atoms with Gasteiger partial charge in [-0.05, 0) is 74.5 Å². The van der Waals surface area contributed by atoms with Gasteiger partial charge in [-0.3, -0.25) is 9.88 Å². The molecule has 2 aromatic rings. The number of hydrogen-bond donors (Lipinski definition) is 0. The maximum Gasteiger partial charge on any atom is 0.243 e. The van der Waals surface area contributed by atoms with Crippen LogP contribution in [0, 0.1) is 18.2 Å². The summed E-state index contributed by atoms with van der Waals surface area (Å²) in [5.41, 5.74) is 2.07. The Balaban J connectivity index is 1.46. The molecule has 4 rings (SSSR count). The molecule has 1 spiro atoms. The van der Waals surface area contributed by atoms with Crippen LogP contribution in [0.3, 0.4) is 0 Å². The molecule has 5 nitrogen and oxygen atoms in total. The third kappa shape index (κ3) is 3.97. The first kappa shape index (κ1) is 19.5. The fourth-order valence-electron chi connectivity index (χ4n) is 4.55. The van der Waals surface area contributed by atoms with E-state index in [2.05, 4.69) is 9.88 Å². The van der Waals surface area contributed by atoms with Crippen LogP contribution in [0.5, 0.6) is 0 Å². The van der Waals surface area contributed by atoms with Crippen molar-refractivity contribution in [3.8, 4) is 0 Å². The van der Waals surface area contributed by atoms with Crippen molar-refractivity contribution in [2.45, 2.75) is 37.6 Å². The lowest BCUT2D eigenvalue weighted by Gasteiger charge is -2.40. The molecule has 0 aliphatic carbocycles. The van der Waals surface area contributed by atoms with Crippen LogP contribution in [0.25, 0.3) is 0 Å². The van der Waals surface area contributed by atoms with Gasteiger partial charge in [0.25, 0.3) is 0 Å². The monoisotopic (exact) mass is 403 g/mol. The van der Waals surface area contributed by atoms with Crippen LogP contribution < -0.4 is 0 Å². The van der Waals surface area contributed by atoms with E-state index in [1.54, 1.807) is 4.31 Å². The highest BCUT2D eigenvalue weighted by atomic mass is 32.2. The summed E-state index contributed by atoms with van der Waals surface area (Å²) in [5.74, 6) is -0.426. The first-order chi connectivity index (χ1) is 13.4. The van der Waals surface area contributed by atoms with Crippen LogP contribution in [0.15, 0.2) is 47.4 Å². The van der Waals surface area contributed by atoms with E-state index in [-0.39, 0.29) is 10.3 Å². The van der Waals surface area contributed by atoms with Crippen molar-refractivity contribution in [1.29, 1.82) is 0 Å². The highest BCUT2D eigenvalue weighted by Gasteiger charge is 2.45. The van der Waals surface area contributed by atoms with Crippen molar-refractivity contribution in [3.05, 3.63) is 59.7 Å². The van der Waals surface area contributed by atoms with E-state index < -0.39 is 15.8 Å². The maximum absolute atomic E-state index is 13.2. The van der Waals surface area contributed by atoms with Crippen LogP contribution in [-0.2, 0) is 16.6 Å². The lowest BCUT2D eigenvalue weighted by molar-refractivity contribution is 0.0925. The molecular formula is C21H26FN3O2S. The van der Waals surface area contributed by atoms with E-state index in [0.717, 1.165) is 50.3 Å². The van der Waals surface area contributed by atoms with E-state index in [1.165, 1.54) is 24.3 Å². The third-order valence-corrected chi connectivity index (χ3v) is 7.79. The zero-order valence-corrected chi connectivity index (χ0v) is 17.0. The predicted octanol–water partition coefficient (Wildman–Crippen LogP) is 3.21. The minimum absolute atomic E-state index is 0.00479. The molecule has 0 bridgehead atoms. The lowest BCUT2D eigenvalue weighted by Crippen LogP contribution is -2.45. The standard InChI is InChI=1S/C21H26FN3O2S/c1-17-4-2-5-19(23-17)14-24-12-3-10-21(15-24)11-13-25(16-21)28(26,27)20-8-6-18(22)7-9-20/h2,4-9H,3,10-16H2,1H3/t21-/m1/s1. The van der Waals surface area contributed by atoms with Gasteiger partial charge >= 0.3 is 0 Å². The smallest absolute Gasteiger partial charge is 0.243 e. The summed E-state index contributed by atoms with van der Waals surface area (Å²) in [6.07, 6.45) is 2.97. The number of piperidine rings is 1. The molecule has 2 aliphatic rings. The Morgan fingerprint density at radius 3 is 2.61 bits per heavy atom. The quantitative estimate of drug-likeness (QED) is 0.787. The first-order valence-corrected chi connectivity index (χ1v) is 11.2. The molecule has 2 saturated heterocycles. The van der Waals surface area contributed by atoms with Gasteiger partial charge in [0.2, 0.25) is 10.0 Å². The Labute approximate surface area is 166 Å². The summed E-state index contributed by atoms with van der Waals surface area (Å²) in [5, 5.41) is 0. The van der Waals surface area contributed by atoms with Crippen molar-refractivity contribution in [2.75, 3.05) is 26.2 Å². The average molecular weight is 404 g/mol. The number of pyridine rings is 1. The zero-order chi connectivity index (χ0) is 19.8. The van der Waals surface area contributed by atoms with Gasteiger partial charge in [-0.1, -0.05) is 6.07 Å². The van der Waals surface area contributed by atoms with Crippen molar-refractivity contribution >= 4 is 10.0 Å². The molecule has 3 heterocycles. The number of sulfonamides is 1. The number of nitrogens with zero attached hydrogens (tertiary/aromatic N) is 3. The molecule has 0 amide bonds. The van der Waals surface area contributed by atoms with Crippen molar-refractivity contribution < 1.29 is 12.8 Å². The van der Waals surface area contributed by atoms with Crippen LogP contribution in [0.4, 0.5) is 4.39 Å². The molecule has 0 unspecified atom stereocenters. The number of benzene rings is 1. The fourth-order valence-corrected chi connectivity index (χ4v) is 6.10. The molecule has 1 aromatic heterocycles. The Hall–Kier alpha value is -1.83. The van der Waals surface area contributed by atoms with E-state index in [9.17, 15) is 12.8 Å². The van der Waals surface area contributed by atoms with Gasteiger partial charge < -0.3 is 0 Å². The van der Waals surface area contributed by atoms with E-state index in [0.29, 0.717) is 13.1 Å². The van der Waals surface area contributed by atoms with Crippen LogP contribution in [0.1, 0.15) is 30.7 Å². The number of aryl methyl sites for hydroxylation is 1. The Morgan fingerprint density at radius 1 is 1.07 bits per heavy atom. The van der Waals surface area contributed by atoms with Crippen molar-refractivity contribution in [2.24, 2.45) is 5.41 Å². The van der Waals surface area contributed by atoms with Gasteiger partial charge in [-0.15, -0.1) is 0 Å². The zero-order valence-electron chi connectivity index (χ0n) is 16.1. The lowest BCUT2D eigenvalue weighted by atomic mass is 9.79. The summed E-state index contributed by atoms with van der Waals surface area (Å²) >= 11 is 0. The highest BCUT2D eigenvalue weighted by molar-refractivity contribution is 7.89. The normalized spacial score (nSPS) is 24.1. The minimum Gasteiger partial charge on any atom is -0.297 e. The summed E-state index contributed by atoms with van der Waals surface area (Å²) < 4.78 is 40.7. The molecule has 28 heavy (non-hydrogen) atoms. The van der Waals surface area contributed by atoms with Gasteiger partial charge in [-0.25, -0.2) is 12.8 Å². The molecule has 150 valence electrons. The topological polar surface area (TPSA) is 53.5 Å². The van der Waals surface area contributed by atoms with Gasteiger partial charge in [0.1, 0.15) is 5.82 Å². The van der Waals surface area contributed by atoms with Crippen LogP contribution in [0.2, 0.25) is 0 Å². The van der Waals surface area contributed by atoms with Crippen LogP contribution >= 0.6 is 0 Å². The molecule has 0 radical (unpaired) electrons. The highest BCUT2D eigenvalue weighted by Crippen LogP contribution is 2.41. The molecular weight excluding hydrogens is 377 g/mol. The Bertz CT molecular complexity index is 948. The molecule has 0 saturated carbocycles. The number of hydrogen-bond acceptors (Lipinski definition) is 4. The summed E-state index contributed by atoms with van der Waals surface area (Å²) in [4.78, 5) is 7.18. The van der Waals surface area contributed by atoms with Gasteiger partial charge in [-0.2, -0.15) is 4.31 Å². The summed E-state index contributed by atoms with van der Waals surface area (Å²) in [6.45, 7) is 5.76. The van der Waals surface area contributed by atoms with Crippen molar-refractivity contribution in [1.82, 2.24) is 14.2 Å². The van der Waals surface area contributed by atoms with E-state index >= 15 is 0 Å². The van der Waals surface area contributed by atoms with Crippen LogP contribution in [-0.4, -0.2) is 48.8 Å². The number of halogens is 1. The molecule has 1 aromatic carbocycles. The SMILES string of the molecule is Cc1cccc(CN2CCC[C@@]3(CCN(S(=O)(=O)c4ccc(F)cc4)C3)C2)n1. The minimum atomic E-state index is -3.58. The molecule has 2 fully saturated rings. The number of likely N-dealkylation sites (tertiary alicyclic amines) is 1. The second-order valence-electron chi connectivity index (χ2n) is 8.13. The second kappa shape index (κ2) is 7.54. The fraction of sp³-hybridized carbons (Fsp3) is 0.476. The largest absolute Gasteiger partial charge is 0.297 e. The van der Waals surface area contributed by atoms with Crippen molar-refractivity contribution in [3.63, 3.8) is 0 Å². The third-order valence-electron chi connectivity index (χ3n) is 5.93. The number of rotatable bonds is 4.